The van der Waals surface area contributed by atoms with Crippen molar-refractivity contribution in [3.63, 3.8) is 0 Å². The van der Waals surface area contributed by atoms with Gasteiger partial charge in [-0.25, -0.2) is 0 Å². The minimum atomic E-state index is -1.29. The molecule has 6 heteroatoms. The molecule has 0 aliphatic rings. The molecule has 0 aromatic heterocycles. The summed E-state index contributed by atoms with van der Waals surface area (Å²) in [7, 11) is 0. The number of amides is 1. The molecular weight excluding hydrogens is 827 g/mol. The molecule has 0 saturated carbocycles. The molecular formula is C61H117NO5. The van der Waals surface area contributed by atoms with Crippen LogP contribution in [-0.4, -0.2) is 57.3 Å². The quantitative estimate of drug-likeness (QED) is 0.0308. The smallest absolute Gasteiger partial charge is 0.249 e. The van der Waals surface area contributed by atoms with Crippen LogP contribution in [0.3, 0.4) is 0 Å². The molecule has 0 heterocycles. The molecule has 4 atom stereocenters. The van der Waals surface area contributed by atoms with Crippen LogP contribution in [0.1, 0.15) is 316 Å². The Bertz CT molecular complexity index is 1060. The van der Waals surface area contributed by atoms with Gasteiger partial charge in [-0.2, -0.15) is 0 Å². The van der Waals surface area contributed by atoms with Crippen LogP contribution in [0.5, 0.6) is 0 Å². The maximum absolute atomic E-state index is 12.6. The van der Waals surface area contributed by atoms with Crippen LogP contribution in [0, 0.1) is 0 Å². The SMILES string of the molecule is CCCCCCCCCCCCCCCCCCC/C=C/CC/C=C/CC/C=C/CCCC(O)C(O)C(CO)NC(=O)C(O)CCCCCCCCCCCCCCCCCCCCCCC. The van der Waals surface area contributed by atoms with E-state index in [0.29, 0.717) is 19.3 Å². The minimum Gasteiger partial charge on any atom is -0.394 e. The van der Waals surface area contributed by atoms with E-state index in [1.54, 1.807) is 0 Å². The molecule has 396 valence electrons. The number of carbonyl (C=O) groups excluding carboxylic acids is 1. The van der Waals surface area contributed by atoms with Gasteiger partial charge in [-0.15, -0.1) is 0 Å². The monoisotopic (exact) mass is 944 g/mol. The van der Waals surface area contributed by atoms with E-state index in [1.807, 2.05) is 0 Å². The average molecular weight is 945 g/mol. The van der Waals surface area contributed by atoms with Gasteiger partial charge in [-0.3, -0.25) is 4.79 Å². The number of hydrogen-bond donors (Lipinski definition) is 5. The van der Waals surface area contributed by atoms with Gasteiger partial charge in [0, 0.05) is 0 Å². The minimum absolute atomic E-state index is 0.362. The number of rotatable bonds is 55. The van der Waals surface area contributed by atoms with Gasteiger partial charge in [0.1, 0.15) is 12.2 Å². The zero-order chi connectivity index (χ0) is 48.8. The third-order valence-electron chi connectivity index (χ3n) is 14.1. The Labute approximate surface area is 417 Å². The summed E-state index contributed by atoms with van der Waals surface area (Å²) in [5.41, 5.74) is 0. The second-order valence-electron chi connectivity index (χ2n) is 20.7. The summed E-state index contributed by atoms with van der Waals surface area (Å²) in [6.45, 7) is 4.08. The highest BCUT2D eigenvalue weighted by Gasteiger charge is 2.28. The van der Waals surface area contributed by atoms with Gasteiger partial charge >= 0.3 is 0 Å². The van der Waals surface area contributed by atoms with Crippen LogP contribution in [-0.2, 0) is 4.79 Å². The molecule has 1 amide bonds. The number of aliphatic hydroxyl groups is 4. The Morgan fingerprint density at radius 1 is 0.358 bits per heavy atom. The normalized spacial score (nSPS) is 13.9. The lowest BCUT2D eigenvalue weighted by Gasteiger charge is -2.27. The lowest BCUT2D eigenvalue weighted by molar-refractivity contribution is -0.132. The summed E-state index contributed by atoms with van der Waals surface area (Å²) in [5, 5.41) is 44.0. The molecule has 0 bridgehead atoms. The fraction of sp³-hybridized carbons (Fsp3) is 0.885. The predicted molar refractivity (Wildman–Crippen MR) is 293 cm³/mol. The van der Waals surface area contributed by atoms with Crippen LogP contribution < -0.4 is 5.32 Å². The van der Waals surface area contributed by atoms with Crippen LogP contribution in [0.4, 0.5) is 0 Å². The van der Waals surface area contributed by atoms with E-state index in [9.17, 15) is 25.2 Å². The van der Waals surface area contributed by atoms with Gasteiger partial charge in [0.2, 0.25) is 5.91 Å². The maximum atomic E-state index is 12.6. The lowest BCUT2D eigenvalue weighted by atomic mass is 10.00. The highest BCUT2D eigenvalue weighted by atomic mass is 16.3. The summed E-state index contributed by atoms with van der Waals surface area (Å²) in [5.74, 6) is -0.595. The fourth-order valence-electron chi connectivity index (χ4n) is 9.38. The van der Waals surface area contributed by atoms with Gasteiger partial charge < -0.3 is 25.7 Å². The highest BCUT2D eigenvalue weighted by molar-refractivity contribution is 5.80. The summed E-state index contributed by atoms with van der Waals surface area (Å²) < 4.78 is 0. The first-order valence-corrected chi connectivity index (χ1v) is 29.9. The Hall–Kier alpha value is -1.47. The van der Waals surface area contributed by atoms with Crippen molar-refractivity contribution in [3.05, 3.63) is 36.5 Å². The fourth-order valence-corrected chi connectivity index (χ4v) is 9.38. The number of allylic oxidation sites excluding steroid dienone is 6. The summed E-state index contributed by atoms with van der Waals surface area (Å²) in [4.78, 5) is 12.6. The van der Waals surface area contributed by atoms with E-state index in [-0.39, 0.29) is 0 Å². The highest BCUT2D eigenvalue weighted by Crippen LogP contribution is 2.18. The van der Waals surface area contributed by atoms with E-state index >= 15 is 0 Å². The molecule has 0 aromatic rings. The second kappa shape index (κ2) is 55.5. The lowest BCUT2D eigenvalue weighted by Crippen LogP contribution is -2.53. The topological polar surface area (TPSA) is 110 Å². The molecule has 0 aromatic carbocycles. The van der Waals surface area contributed by atoms with Gasteiger partial charge in [0.25, 0.3) is 0 Å². The molecule has 6 nitrogen and oxygen atoms in total. The number of nitrogens with one attached hydrogen (secondary N) is 1. The number of aliphatic hydroxyl groups excluding tert-OH is 4. The summed E-state index contributed by atoms with van der Waals surface area (Å²) >= 11 is 0. The molecule has 0 saturated heterocycles. The van der Waals surface area contributed by atoms with Gasteiger partial charge in [0.15, 0.2) is 0 Å². The molecule has 0 spiro atoms. The van der Waals surface area contributed by atoms with Crippen molar-refractivity contribution in [1.82, 2.24) is 5.32 Å². The number of hydrogen-bond acceptors (Lipinski definition) is 5. The van der Waals surface area contributed by atoms with Crippen molar-refractivity contribution in [2.75, 3.05) is 6.61 Å². The Morgan fingerprint density at radius 3 is 0.940 bits per heavy atom. The van der Waals surface area contributed by atoms with Crippen LogP contribution >= 0.6 is 0 Å². The van der Waals surface area contributed by atoms with Crippen molar-refractivity contribution in [1.29, 1.82) is 0 Å². The van der Waals surface area contributed by atoms with Crippen molar-refractivity contribution < 1.29 is 25.2 Å². The summed E-state index contributed by atoms with van der Waals surface area (Å²) in [6, 6.07) is -1.01. The van der Waals surface area contributed by atoms with Crippen molar-refractivity contribution in [2.45, 2.75) is 340 Å². The van der Waals surface area contributed by atoms with Gasteiger partial charge in [0.05, 0.1) is 18.8 Å². The Balaban J connectivity index is 3.67. The van der Waals surface area contributed by atoms with E-state index in [2.05, 4.69) is 55.6 Å². The molecule has 4 unspecified atom stereocenters. The Kier molecular flexibility index (Phi) is 54.2. The molecule has 0 aliphatic carbocycles. The third-order valence-corrected chi connectivity index (χ3v) is 14.1. The Morgan fingerprint density at radius 2 is 0.627 bits per heavy atom. The average Bonchev–Trinajstić information content (AvgIpc) is 3.33. The second-order valence-corrected chi connectivity index (χ2v) is 20.7. The van der Waals surface area contributed by atoms with Crippen molar-refractivity contribution in [2.24, 2.45) is 0 Å². The van der Waals surface area contributed by atoms with E-state index < -0.39 is 36.9 Å². The zero-order valence-electron chi connectivity index (χ0n) is 44.9. The first kappa shape index (κ1) is 65.5. The van der Waals surface area contributed by atoms with Crippen LogP contribution in [0.15, 0.2) is 36.5 Å². The van der Waals surface area contributed by atoms with Crippen molar-refractivity contribution >= 4 is 5.91 Å². The summed E-state index contributed by atoms with van der Waals surface area (Å²) in [6.07, 6.45) is 69.4. The van der Waals surface area contributed by atoms with Gasteiger partial charge in [-0.1, -0.05) is 288 Å². The number of carbonyl (C=O) groups is 1. The zero-order valence-corrected chi connectivity index (χ0v) is 44.9. The third kappa shape index (κ3) is 49.3. The molecule has 0 fully saturated rings. The molecule has 5 N–H and O–H groups in total. The molecule has 0 rings (SSSR count). The standard InChI is InChI=1S/C61H117NO5/c1-3-5-7-9-11-13-15-17-19-21-23-25-26-27-28-29-30-31-32-33-35-36-38-40-42-44-46-48-50-52-54-58(64)60(66)57(56-63)62-61(67)59(65)55-53-51-49-47-45-43-41-39-37-34-24-22-20-18-16-14-12-10-8-6-4-2/h32-33,38,40,46,48,57-60,63-66H,3-31,34-37,39,41-45,47,49-56H2,1-2H3,(H,62,67)/b33-32+,40-38+,48-46+. The van der Waals surface area contributed by atoms with Crippen molar-refractivity contribution in [3.8, 4) is 0 Å². The van der Waals surface area contributed by atoms with Crippen LogP contribution in [0.25, 0.3) is 0 Å². The first-order chi connectivity index (χ1) is 33.0. The number of unbranched alkanes of at least 4 members (excludes halogenated alkanes) is 40. The maximum Gasteiger partial charge on any atom is 0.249 e. The largest absolute Gasteiger partial charge is 0.394 e. The predicted octanol–water partition coefficient (Wildman–Crippen LogP) is 17.6. The van der Waals surface area contributed by atoms with E-state index in [4.69, 9.17) is 0 Å². The van der Waals surface area contributed by atoms with E-state index in [0.717, 1.165) is 51.4 Å². The van der Waals surface area contributed by atoms with Gasteiger partial charge in [-0.05, 0) is 64.2 Å². The molecule has 67 heavy (non-hydrogen) atoms. The van der Waals surface area contributed by atoms with Crippen LogP contribution in [0.2, 0.25) is 0 Å². The van der Waals surface area contributed by atoms with E-state index in [1.165, 1.54) is 231 Å². The molecule has 0 aliphatic heterocycles. The first-order valence-electron chi connectivity index (χ1n) is 29.9. The molecule has 0 radical (unpaired) electrons.